The van der Waals surface area contributed by atoms with Crippen LogP contribution in [-0.4, -0.2) is 39.1 Å². The Morgan fingerprint density at radius 3 is 1.91 bits per heavy atom. The van der Waals surface area contributed by atoms with Gasteiger partial charge in [0.1, 0.15) is 17.6 Å². The van der Waals surface area contributed by atoms with E-state index in [1.807, 2.05) is 0 Å². The number of carbonyl (C=O) groups is 2. The minimum Gasteiger partial charge on any atom is -0.427 e. The largest absolute Gasteiger partial charge is 0.484 e. The van der Waals surface area contributed by atoms with E-state index in [4.69, 9.17) is 32.1 Å². The summed E-state index contributed by atoms with van der Waals surface area (Å²) in [7, 11) is -10.0. The van der Waals surface area contributed by atoms with Gasteiger partial charge in [-0.15, -0.1) is 0 Å². The van der Waals surface area contributed by atoms with Crippen molar-refractivity contribution in [3.63, 3.8) is 0 Å². The van der Waals surface area contributed by atoms with Crippen molar-refractivity contribution in [3.8, 4) is 11.5 Å². The van der Waals surface area contributed by atoms with Gasteiger partial charge in [-0.1, -0.05) is 88.6 Å². The van der Waals surface area contributed by atoms with Gasteiger partial charge in [-0.2, -0.15) is 4.31 Å². The highest BCUT2D eigenvalue weighted by Crippen LogP contribution is 2.64. The number of hydrogen-bond donors (Lipinski definition) is 3. The quantitative estimate of drug-likeness (QED) is 0.0255. The number of benzene rings is 2. The van der Waals surface area contributed by atoms with Gasteiger partial charge in [-0.05, 0) is 54.8 Å². The van der Waals surface area contributed by atoms with Crippen LogP contribution in [0.25, 0.3) is 0 Å². The molecule has 5 N–H and O–H groups in total. The summed E-state index contributed by atoms with van der Waals surface area (Å²) in [5.41, 5.74) is -0.122. The molecule has 57 heavy (non-hydrogen) atoms. The zero-order chi connectivity index (χ0) is 40.6. The molecule has 0 aliphatic carbocycles. The lowest BCUT2D eigenvalue weighted by molar-refractivity contribution is -0.134. The van der Waals surface area contributed by atoms with E-state index in [9.17, 15) is 33.2 Å². The third kappa shape index (κ3) is 16.8. The number of H-pyrrole nitrogens is 1. The highest BCUT2D eigenvalue weighted by molar-refractivity contribution is 7.61. The predicted molar refractivity (Wildman–Crippen MR) is 210 cm³/mol. The summed E-state index contributed by atoms with van der Waals surface area (Å²) in [5, 5.41) is 0. The zero-order valence-corrected chi connectivity index (χ0v) is 34.3. The first-order valence-electron chi connectivity index (χ1n) is 18.5. The van der Waals surface area contributed by atoms with Gasteiger partial charge in [0, 0.05) is 25.1 Å². The Hall–Kier alpha value is -4.02. The summed E-state index contributed by atoms with van der Waals surface area (Å²) in [4.78, 5) is 60.4. The second-order valence-electron chi connectivity index (χ2n) is 13.2. The second kappa shape index (κ2) is 23.4. The van der Waals surface area contributed by atoms with Crippen molar-refractivity contribution in [3.05, 3.63) is 104 Å². The Labute approximate surface area is 331 Å². The third-order valence-electron chi connectivity index (χ3n) is 8.43. The van der Waals surface area contributed by atoms with E-state index in [0.717, 1.165) is 30.3 Å². The Morgan fingerprint density at radius 1 is 0.807 bits per heavy atom. The number of ether oxygens (including phenoxy) is 3. The lowest BCUT2D eigenvalue weighted by Gasteiger charge is -2.22. The number of carbonyl (C=O) groups excluding carboxylic acids is 2. The molecule has 4 atom stereocenters. The molecule has 0 amide bonds. The van der Waals surface area contributed by atoms with Gasteiger partial charge in [0.05, 0.1) is 19.8 Å². The van der Waals surface area contributed by atoms with Gasteiger partial charge < -0.3 is 25.3 Å². The van der Waals surface area contributed by atoms with Crippen LogP contribution in [0.2, 0.25) is 0 Å². The molecule has 0 bridgehead atoms. The van der Waals surface area contributed by atoms with Crippen molar-refractivity contribution in [1.29, 1.82) is 0 Å². The van der Waals surface area contributed by atoms with Crippen LogP contribution < -0.4 is 26.9 Å². The smallest absolute Gasteiger partial charge is 0.427 e. The van der Waals surface area contributed by atoms with E-state index in [1.165, 1.54) is 101 Å². The van der Waals surface area contributed by atoms with Crippen molar-refractivity contribution in [2.75, 3.05) is 6.61 Å². The van der Waals surface area contributed by atoms with E-state index in [2.05, 4.69) is 11.9 Å². The van der Waals surface area contributed by atoms with Crippen LogP contribution in [0, 0.1) is 6.92 Å². The number of hydrogen-bond acceptors (Lipinski definition) is 14. The van der Waals surface area contributed by atoms with Crippen LogP contribution in [0.4, 0.5) is 0 Å². The number of unbranched alkanes of at least 4 members (excludes halogenated alkanes) is 8. The van der Waals surface area contributed by atoms with Gasteiger partial charge >= 0.3 is 33.3 Å². The summed E-state index contributed by atoms with van der Waals surface area (Å²) in [6.45, 7) is 3.59. The molecular formula is C38H53N3O14P2. The van der Waals surface area contributed by atoms with Gasteiger partial charge in [0.2, 0.25) is 0 Å². The Kier molecular flexibility index (Phi) is 19.4. The van der Waals surface area contributed by atoms with Crippen LogP contribution in [0.1, 0.15) is 101 Å². The number of aromatic amines is 1. The molecule has 19 heteroatoms. The normalized spacial score (nSPS) is 17.0. The Balaban J connectivity index is 0.00000870. The summed E-state index contributed by atoms with van der Waals surface area (Å²) in [6.07, 6.45) is 12.9. The highest BCUT2D eigenvalue weighted by Gasteiger charge is 2.39. The molecule has 17 nitrogen and oxygen atoms in total. The summed E-state index contributed by atoms with van der Waals surface area (Å²) < 4.78 is 65.2. The maximum atomic E-state index is 13.8. The molecule has 0 saturated heterocycles. The summed E-state index contributed by atoms with van der Waals surface area (Å²) in [6, 6.07) is 12.2. The second-order valence-corrected chi connectivity index (χ2v) is 16.5. The summed E-state index contributed by atoms with van der Waals surface area (Å²) >= 11 is 0. The van der Waals surface area contributed by atoms with E-state index in [-0.39, 0.29) is 23.4 Å². The van der Waals surface area contributed by atoms with Crippen LogP contribution in [0.3, 0.4) is 0 Å². The first kappa shape index (κ1) is 47.4. The minimum atomic E-state index is -5.15. The molecule has 0 fully saturated rings. The van der Waals surface area contributed by atoms with Gasteiger partial charge in [0.25, 0.3) is 5.56 Å². The van der Waals surface area contributed by atoms with Gasteiger partial charge in [-0.25, -0.2) is 13.9 Å². The number of nitrogens with one attached hydrogen (secondary N) is 1. The molecule has 1 aliphatic heterocycles. The van der Waals surface area contributed by atoms with Crippen molar-refractivity contribution < 1.29 is 55.7 Å². The topological polar surface area (TPSA) is 243 Å². The maximum absolute atomic E-state index is 13.8. The molecule has 4 rings (SSSR count). The molecule has 2 aromatic carbocycles. The van der Waals surface area contributed by atoms with Crippen LogP contribution in [-0.2, 0) is 54.6 Å². The number of phosphoric acid groups is 2. The fourth-order valence-electron chi connectivity index (χ4n) is 5.46. The van der Waals surface area contributed by atoms with Crippen LogP contribution >= 0.6 is 15.6 Å². The number of aryl methyl sites for hydroxylation is 1. The van der Waals surface area contributed by atoms with Crippen LogP contribution in [0.5, 0.6) is 11.5 Å². The van der Waals surface area contributed by atoms with Crippen molar-refractivity contribution in [2.24, 2.45) is 0 Å². The molecule has 2 heterocycles. The van der Waals surface area contributed by atoms with Gasteiger partial charge in [0.15, 0.2) is 6.23 Å². The van der Waals surface area contributed by atoms with Crippen molar-refractivity contribution in [1.82, 2.24) is 15.7 Å². The molecular weight excluding hydrogens is 784 g/mol. The number of nitrogens with zero attached hydrogens (tertiary/aromatic N) is 1. The predicted octanol–water partition coefficient (Wildman–Crippen LogP) is 7.89. The van der Waals surface area contributed by atoms with E-state index in [1.54, 1.807) is 12.1 Å². The fraction of sp³-hybridized carbons (Fsp3) is 0.474. The van der Waals surface area contributed by atoms with E-state index in [0.29, 0.717) is 23.3 Å². The molecule has 0 radical (unpaired) electrons. The summed E-state index contributed by atoms with van der Waals surface area (Å²) in [5.74, 6) is -0.304. The number of phosphoric ester groups is 2. The Morgan fingerprint density at radius 2 is 1.35 bits per heavy atom. The van der Waals surface area contributed by atoms with Gasteiger partial charge in [-0.3, -0.25) is 37.5 Å². The lowest BCUT2D eigenvalue weighted by Crippen LogP contribution is -2.33. The molecule has 2 unspecified atom stereocenters. The minimum absolute atomic E-state index is 0. The molecule has 314 valence electrons. The third-order valence-corrected chi connectivity index (χ3v) is 11.4. The molecule has 1 aliphatic rings. The van der Waals surface area contributed by atoms with Crippen molar-refractivity contribution >= 4 is 27.6 Å². The van der Waals surface area contributed by atoms with E-state index >= 15 is 0 Å². The fourth-order valence-corrected chi connectivity index (χ4v) is 8.06. The van der Waals surface area contributed by atoms with Crippen LogP contribution in [0.15, 0.2) is 76.5 Å². The number of rotatable bonds is 24. The number of esters is 2. The molecule has 0 spiro atoms. The number of aromatic nitrogens is 2. The SMILES string of the molecule is CCCCCCCCCCCC(=O)Oc1ccc(COP(=O)(OCc2ccc(OC(C)=O)cc2)OP(=O)(O)OC[C@@H]2C=C[C@H](n3cc(C)c(=O)[nH]c3=O)O2)cc1.N. The van der Waals surface area contributed by atoms with Crippen molar-refractivity contribution in [2.45, 2.75) is 111 Å². The average molecular weight is 838 g/mol. The molecule has 0 saturated carbocycles. The maximum Gasteiger partial charge on any atom is 0.484 e. The first-order chi connectivity index (χ1) is 26.7. The highest BCUT2D eigenvalue weighted by atomic mass is 31.3. The zero-order valence-electron chi connectivity index (χ0n) is 32.5. The first-order valence-corrected chi connectivity index (χ1v) is 21.5. The molecule has 3 aromatic rings. The molecule has 1 aromatic heterocycles. The monoisotopic (exact) mass is 837 g/mol. The Bertz CT molecular complexity index is 1980. The standard InChI is InChI=1S/C38H50N2O14P2.H3N/c1-4-5-6-7-8-9-10-11-12-13-36(42)53-33-20-16-31(17-21-33)26-50-56(47,49-25-30-14-18-32(19-15-30)51-29(3)41)54-55(45,46)48-27-34-22-23-35(52-34)40-24-28(2)37(43)39-38(40)44;/h14-24,34-35H,4-13,25-27H2,1-3H3,(H,45,46)(H,39,43,44);1H3/t34-,35+,56?;/m0./s1. The lowest BCUT2D eigenvalue weighted by atomic mass is 10.1. The average Bonchev–Trinajstić information content (AvgIpc) is 3.63. The van der Waals surface area contributed by atoms with E-state index < -0.39 is 65.0 Å².